The summed E-state index contributed by atoms with van der Waals surface area (Å²) in [5.74, 6) is -2.74. The maximum absolute atomic E-state index is 12.6. The van der Waals surface area contributed by atoms with E-state index in [2.05, 4.69) is 14.9 Å². The summed E-state index contributed by atoms with van der Waals surface area (Å²) in [6.07, 6.45) is 0. The van der Waals surface area contributed by atoms with Crippen LogP contribution in [0.4, 0.5) is 0 Å². The molecule has 166 valence electrons. The standard InChI is InChI=1S/C16H17ClN4O2S2.C2H2O4/c17-14-5-6-16(24-14)25(22,23)21-9-7-20(8-10-21)11-15-18-12-3-1-2-4-13(12)19-15;3-1(4)2(5)6/h1-6H,7-11H2,(H,18,19);(H,3,4)(H,5,6). The lowest BCUT2D eigenvalue weighted by molar-refractivity contribution is -0.159. The minimum Gasteiger partial charge on any atom is -0.473 e. The third kappa shape index (κ3) is 5.80. The third-order valence-corrected chi connectivity index (χ3v) is 8.07. The van der Waals surface area contributed by atoms with Gasteiger partial charge in [0.1, 0.15) is 10.0 Å². The molecule has 0 spiro atoms. The Morgan fingerprint density at radius 2 is 1.71 bits per heavy atom. The highest BCUT2D eigenvalue weighted by atomic mass is 35.5. The van der Waals surface area contributed by atoms with Gasteiger partial charge in [0.2, 0.25) is 0 Å². The van der Waals surface area contributed by atoms with Gasteiger partial charge in [-0.15, -0.1) is 11.3 Å². The average Bonchev–Trinajstić information content (AvgIpc) is 3.34. The summed E-state index contributed by atoms with van der Waals surface area (Å²) in [7, 11) is -3.44. The number of H-pyrrole nitrogens is 1. The van der Waals surface area contributed by atoms with E-state index in [1.54, 1.807) is 12.1 Å². The van der Waals surface area contributed by atoms with Crippen molar-refractivity contribution in [2.45, 2.75) is 10.8 Å². The molecular weight excluding hydrogens is 468 g/mol. The summed E-state index contributed by atoms with van der Waals surface area (Å²) in [6, 6.07) is 11.1. The fourth-order valence-electron chi connectivity index (χ4n) is 2.98. The normalized spacial score (nSPS) is 15.4. The fraction of sp³-hybridized carbons (Fsp3) is 0.278. The number of rotatable bonds is 4. The van der Waals surface area contributed by atoms with Crippen molar-refractivity contribution in [2.24, 2.45) is 0 Å². The first-order valence-electron chi connectivity index (χ1n) is 9.04. The first kappa shape index (κ1) is 23.2. The minimum absolute atomic E-state index is 0.309. The monoisotopic (exact) mass is 486 g/mol. The summed E-state index contributed by atoms with van der Waals surface area (Å²) in [5.41, 5.74) is 1.97. The smallest absolute Gasteiger partial charge is 0.414 e. The first-order valence-corrected chi connectivity index (χ1v) is 11.7. The molecule has 3 aromatic rings. The number of piperazine rings is 1. The van der Waals surface area contributed by atoms with Crippen molar-refractivity contribution < 1.29 is 28.2 Å². The predicted octanol–water partition coefficient (Wildman–Crippen LogP) is 1.94. The number of carboxylic acids is 2. The van der Waals surface area contributed by atoms with Crippen molar-refractivity contribution >= 4 is 55.9 Å². The Morgan fingerprint density at radius 3 is 2.26 bits per heavy atom. The summed E-state index contributed by atoms with van der Waals surface area (Å²) in [4.78, 5) is 28.3. The molecule has 3 N–H and O–H groups in total. The largest absolute Gasteiger partial charge is 0.473 e. The van der Waals surface area contributed by atoms with Crippen LogP contribution in [-0.2, 0) is 26.2 Å². The molecule has 0 aliphatic carbocycles. The number of imidazole rings is 1. The van der Waals surface area contributed by atoms with E-state index in [0.29, 0.717) is 41.3 Å². The molecule has 31 heavy (non-hydrogen) atoms. The number of thiophene rings is 1. The Kier molecular flexibility index (Phi) is 7.28. The number of fused-ring (bicyclic) bond motifs is 1. The second kappa shape index (κ2) is 9.75. The number of aliphatic carboxylic acids is 2. The molecule has 0 radical (unpaired) electrons. The number of nitrogens with one attached hydrogen (secondary N) is 1. The Morgan fingerprint density at radius 1 is 1.06 bits per heavy atom. The van der Waals surface area contributed by atoms with Crippen LogP contribution in [0.25, 0.3) is 11.0 Å². The van der Waals surface area contributed by atoms with Crippen LogP contribution >= 0.6 is 22.9 Å². The van der Waals surface area contributed by atoms with Crippen LogP contribution in [0, 0.1) is 0 Å². The number of aromatic nitrogens is 2. The molecule has 1 aliphatic heterocycles. The maximum atomic E-state index is 12.6. The number of para-hydroxylation sites is 2. The molecule has 1 fully saturated rings. The molecule has 3 heterocycles. The molecule has 0 saturated carbocycles. The first-order chi connectivity index (χ1) is 14.7. The van der Waals surface area contributed by atoms with Gasteiger partial charge >= 0.3 is 11.9 Å². The van der Waals surface area contributed by atoms with Gasteiger partial charge in [0.05, 0.1) is 21.9 Å². The highest BCUT2D eigenvalue weighted by Gasteiger charge is 2.29. The van der Waals surface area contributed by atoms with Crippen molar-refractivity contribution in [1.82, 2.24) is 19.2 Å². The van der Waals surface area contributed by atoms with Crippen molar-refractivity contribution in [3.63, 3.8) is 0 Å². The van der Waals surface area contributed by atoms with Crippen LogP contribution < -0.4 is 0 Å². The zero-order valence-electron chi connectivity index (χ0n) is 16.1. The Hall–Kier alpha value is -2.51. The number of benzene rings is 1. The van der Waals surface area contributed by atoms with Gasteiger partial charge < -0.3 is 15.2 Å². The van der Waals surface area contributed by atoms with Crippen molar-refractivity contribution in [1.29, 1.82) is 0 Å². The van der Waals surface area contributed by atoms with Gasteiger partial charge in [0.15, 0.2) is 0 Å². The molecule has 0 bridgehead atoms. The number of halogens is 1. The molecule has 4 rings (SSSR count). The summed E-state index contributed by atoms with van der Waals surface area (Å²) >= 11 is 6.97. The number of carboxylic acid groups (broad SMARTS) is 2. The van der Waals surface area contributed by atoms with Gasteiger partial charge in [-0.2, -0.15) is 4.31 Å². The lowest BCUT2D eigenvalue weighted by Gasteiger charge is -2.33. The van der Waals surface area contributed by atoms with Crippen LogP contribution in [0.1, 0.15) is 5.82 Å². The summed E-state index contributed by atoms with van der Waals surface area (Å²) < 4.78 is 27.6. The zero-order valence-corrected chi connectivity index (χ0v) is 18.5. The molecule has 10 nitrogen and oxygen atoms in total. The molecule has 2 aromatic heterocycles. The molecule has 0 atom stereocenters. The van der Waals surface area contributed by atoms with Crippen molar-refractivity contribution in [3.8, 4) is 0 Å². The molecule has 1 aromatic carbocycles. The van der Waals surface area contributed by atoms with E-state index < -0.39 is 22.0 Å². The van der Waals surface area contributed by atoms with E-state index in [9.17, 15) is 8.42 Å². The minimum atomic E-state index is -3.44. The lowest BCUT2D eigenvalue weighted by atomic mass is 10.3. The third-order valence-electron chi connectivity index (χ3n) is 4.47. The van der Waals surface area contributed by atoms with Crippen molar-refractivity contribution in [3.05, 3.63) is 46.6 Å². The van der Waals surface area contributed by atoms with Gasteiger partial charge in [-0.05, 0) is 24.3 Å². The van der Waals surface area contributed by atoms with Crippen molar-refractivity contribution in [2.75, 3.05) is 26.2 Å². The number of hydrogen-bond acceptors (Lipinski definition) is 7. The molecule has 0 unspecified atom stereocenters. The Labute approximate surface area is 186 Å². The zero-order chi connectivity index (χ0) is 22.6. The highest BCUT2D eigenvalue weighted by Crippen LogP contribution is 2.28. The van der Waals surface area contributed by atoms with E-state index in [-0.39, 0.29) is 0 Å². The van der Waals surface area contributed by atoms with Gasteiger partial charge in [-0.25, -0.2) is 23.0 Å². The number of sulfonamides is 1. The Bertz CT molecular complexity index is 1140. The van der Waals surface area contributed by atoms with Gasteiger partial charge in [0, 0.05) is 26.2 Å². The van der Waals surface area contributed by atoms with Crippen LogP contribution in [0.3, 0.4) is 0 Å². The van der Waals surface area contributed by atoms with Gasteiger partial charge in [0.25, 0.3) is 10.0 Å². The highest BCUT2D eigenvalue weighted by molar-refractivity contribution is 7.91. The van der Waals surface area contributed by atoms with Crippen LogP contribution in [-0.4, -0.2) is 75.9 Å². The second-order valence-electron chi connectivity index (χ2n) is 6.55. The molecule has 13 heteroatoms. The summed E-state index contributed by atoms with van der Waals surface area (Å²) in [5, 5.41) is 14.8. The number of carbonyl (C=O) groups is 2. The topological polar surface area (TPSA) is 144 Å². The van der Waals surface area contributed by atoms with Crippen LogP contribution in [0.5, 0.6) is 0 Å². The maximum Gasteiger partial charge on any atom is 0.414 e. The molecular formula is C18H19ClN4O6S2. The number of hydrogen-bond donors (Lipinski definition) is 3. The predicted molar refractivity (Wildman–Crippen MR) is 115 cm³/mol. The van der Waals surface area contributed by atoms with Crippen LogP contribution in [0.15, 0.2) is 40.6 Å². The number of aromatic amines is 1. The fourth-order valence-corrected chi connectivity index (χ4v) is 6.04. The van der Waals surface area contributed by atoms with Gasteiger partial charge in [-0.3, -0.25) is 4.90 Å². The average molecular weight is 487 g/mol. The quantitative estimate of drug-likeness (QED) is 0.474. The molecule has 1 saturated heterocycles. The van der Waals surface area contributed by atoms with Crippen LogP contribution in [0.2, 0.25) is 4.34 Å². The second-order valence-corrected chi connectivity index (χ2v) is 10.4. The van der Waals surface area contributed by atoms with E-state index in [0.717, 1.165) is 28.2 Å². The SMILES string of the molecule is O=C(O)C(=O)O.O=S(=O)(c1ccc(Cl)s1)N1CCN(Cc2nc3ccccc3[nH]2)CC1. The molecule has 1 aliphatic rings. The van der Waals surface area contributed by atoms with E-state index >= 15 is 0 Å². The van der Waals surface area contributed by atoms with E-state index in [1.807, 2.05) is 24.3 Å². The van der Waals surface area contributed by atoms with E-state index in [4.69, 9.17) is 31.4 Å². The van der Waals surface area contributed by atoms with Gasteiger partial charge in [-0.1, -0.05) is 23.7 Å². The Balaban J connectivity index is 0.000000401. The summed E-state index contributed by atoms with van der Waals surface area (Å²) in [6.45, 7) is 2.98. The number of nitrogens with zero attached hydrogens (tertiary/aromatic N) is 3. The van der Waals surface area contributed by atoms with E-state index in [1.165, 1.54) is 4.31 Å². The lowest BCUT2D eigenvalue weighted by Crippen LogP contribution is -2.48. The molecule has 0 amide bonds.